The molecule has 158 valence electrons. The van der Waals surface area contributed by atoms with Crippen LogP contribution in [0.4, 0.5) is 0 Å². The van der Waals surface area contributed by atoms with E-state index >= 15 is 0 Å². The van der Waals surface area contributed by atoms with E-state index in [1.165, 1.54) is 12.8 Å². The van der Waals surface area contributed by atoms with Crippen molar-refractivity contribution in [1.82, 2.24) is 4.90 Å². The first-order chi connectivity index (χ1) is 13.7. The molecule has 2 aliphatic rings. The van der Waals surface area contributed by atoms with Gasteiger partial charge in [0, 0.05) is 17.1 Å². The van der Waals surface area contributed by atoms with Gasteiger partial charge in [-0.1, -0.05) is 23.7 Å². The molecule has 7 nitrogen and oxygen atoms in total. The summed E-state index contributed by atoms with van der Waals surface area (Å²) in [5.74, 6) is -3.49. The molecule has 8 heteroatoms. The highest BCUT2D eigenvalue weighted by Crippen LogP contribution is 2.36. The lowest BCUT2D eigenvalue weighted by molar-refractivity contribution is -0.301. The Kier molecular flexibility index (Phi) is 8.22. The summed E-state index contributed by atoms with van der Waals surface area (Å²) in [5.41, 5.74) is 0.920. The maximum atomic E-state index is 12.4. The van der Waals surface area contributed by atoms with Crippen molar-refractivity contribution in [2.75, 3.05) is 7.05 Å². The van der Waals surface area contributed by atoms with Crippen LogP contribution in [0.15, 0.2) is 36.4 Å². The molecule has 1 aromatic carbocycles. The summed E-state index contributed by atoms with van der Waals surface area (Å²) in [5, 5.41) is 19.5. The van der Waals surface area contributed by atoms with Crippen molar-refractivity contribution in [1.29, 1.82) is 0 Å². The van der Waals surface area contributed by atoms with Gasteiger partial charge in [-0.3, -0.25) is 4.79 Å². The Balaban J connectivity index is 0.000000321. The lowest BCUT2D eigenvalue weighted by Gasteiger charge is -2.36. The third kappa shape index (κ3) is 6.87. The molecule has 2 saturated heterocycles. The van der Waals surface area contributed by atoms with Crippen LogP contribution in [0, 0.1) is 0 Å². The molecule has 2 bridgehead atoms. The first-order valence-corrected chi connectivity index (χ1v) is 9.83. The minimum absolute atomic E-state index is 0.0767. The molecule has 0 aliphatic carbocycles. The zero-order valence-electron chi connectivity index (χ0n) is 16.4. The fourth-order valence-electron chi connectivity index (χ4n) is 3.77. The Bertz CT molecular complexity index is 750. The number of rotatable bonds is 5. The van der Waals surface area contributed by atoms with E-state index in [0.29, 0.717) is 29.3 Å². The number of hydrogen-bond acceptors (Lipinski definition) is 7. The molecule has 29 heavy (non-hydrogen) atoms. The summed E-state index contributed by atoms with van der Waals surface area (Å²) in [7, 11) is 2.19. The smallest absolute Gasteiger partial charge is 0.313 e. The molecule has 2 aliphatic heterocycles. The molecule has 0 radical (unpaired) electrons. The summed E-state index contributed by atoms with van der Waals surface area (Å²) in [6.45, 7) is 1.89. The van der Waals surface area contributed by atoms with E-state index in [9.17, 15) is 24.6 Å². The second-order valence-corrected chi connectivity index (χ2v) is 7.77. The van der Waals surface area contributed by atoms with Crippen molar-refractivity contribution in [3.8, 4) is 0 Å². The van der Waals surface area contributed by atoms with Gasteiger partial charge in [0.25, 0.3) is 0 Å². The summed E-state index contributed by atoms with van der Waals surface area (Å²) in [4.78, 5) is 33.6. The Morgan fingerprint density at radius 1 is 1.14 bits per heavy atom. The number of fused-ring (bicyclic) bond motifs is 2. The number of esters is 1. The summed E-state index contributed by atoms with van der Waals surface area (Å²) >= 11 is 5.99. The van der Waals surface area contributed by atoms with Gasteiger partial charge in [-0.05, 0) is 69.5 Å². The maximum Gasteiger partial charge on any atom is 0.313 e. The normalized spacial score (nSPS) is 24.4. The molecule has 0 N–H and O–H groups in total. The molecule has 2 heterocycles. The number of carboxylic acids is 2. The highest BCUT2D eigenvalue weighted by Gasteiger charge is 2.40. The molecule has 0 saturated carbocycles. The first-order valence-electron chi connectivity index (χ1n) is 9.45. The molecule has 0 aromatic heterocycles. The van der Waals surface area contributed by atoms with Gasteiger partial charge in [-0.2, -0.15) is 0 Å². The third-order valence-corrected chi connectivity index (χ3v) is 5.63. The Morgan fingerprint density at radius 3 is 2.17 bits per heavy atom. The Morgan fingerprint density at radius 2 is 1.69 bits per heavy atom. The molecule has 3 atom stereocenters. The maximum absolute atomic E-state index is 12.4. The van der Waals surface area contributed by atoms with Gasteiger partial charge in [0.05, 0.1) is 17.9 Å². The summed E-state index contributed by atoms with van der Waals surface area (Å²) in [6, 6.07) is 8.63. The van der Waals surface area contributed by atoms with Crippen LogP contribution in [0.25, 0.3) is 0 Å². The van der Waals surface area contributed by atoms with Gasteiger partial charge in [-0.25, -0.2) is 0 Å². The number of carboxylic acid groups (broad SMARTS) is 2. The number of benzene rings is 1. The highest BCUT2D eigenvalue weighted by molar-refractivity contribution is 6.30. The molecule has 1 aromatic rings. The molecule has 0 amide bonds. The molecule has 2 fully saturated rings. The number of piperidine rings is 1. The van der Waals surface area contributed by atoms with Gasteiger partial charge in [0.1, 0.15) is 6.10 Å². The average Bonchev–Trinajstić information content (AvgIpc) is 2.87. The Hall–Kier alpha value is -2.38. The fourth-order valence-corrected chi connectivity index (χ4v) is 3.97. The van der Waals surface area contributed by atoms with Crippen molar-refractivity contribution in [2.45, 2.75) is 56.7 Å². The standard InChI is InChI=1S/C17H22ClNO2.C4H4O4/c1-11(12-4-3-5-13(18)8-12)17(20)21-16-9-14-6-7-15(10-16)19(14)2;5-3(6)1-2-4(7)8/h3-5,8,11,14-16H,6-7,9-10H2,1-2H3;1-2H,(H,5,6)(H,7,8)/p-2/b;2-1-. The van der Waals surface area contributed by atoms with Crippen molar-refractivity contribution in [3.63, 3.8) is 0 Å². The van der Waals surface area contributed by atoms with Gasteiger partial charge in [-0.15, -0.1) is 0 Å². The van der Waals surface area contributed by atoms with Crippen LogP contribution in [0.5, 0.6) is 0 Å². The first kappa shape index (κ1) is 22.9. The van der Waals surface area contributed by atoms with Crippen LogP contribution in [0.3, 0.4) is 0 Å². The quantitative estimate of drug-likeness (QED) is 0.507. The second-order valence-electron chi connectivity index (χ2n) is 7.33. The van der Waals surface area contributed by atoms with Crippen LogP contribution in [0.2, 0.25) is 5.02 Å². The SMILES string of the molecule is CC(C(=O)OC1CC2CCC(C1)N2C)c1cccc(Cl)c1.O=C([O-])/C=C\C(=O)[O-]. The topological polar surface area (TPSA) is 110 Å². The summed E-state index contributed by atoms with van der Waals surface area (Å²) < 4.78 is 5.77. The van der Waals surface area contributed by atoms with E-state index < -0.39 is 11.9 Å². The predicted octanol–water partition coefficient (Wildman–Crippen LogP) is 0.654. The van der Waals surface area contributed by atoms with E-state index in [1.807, 2.05) is 31.2 Å². The summed E-state index contributed by atoms with van der Waals surface area (Å²) in [6.07, 6.45) is 5.26. The number of nitrogens with zero attached hydrogens (tertiary/aromatic N) is 1. The number of ether oxygens (including phenoxy) is 1. The zero-order valence-corrected chi connectivity index (χ0v) is 17.1. The molecular weight excluding hydrogens is 398 g/mol. The van der Waals surface area contributed by atoms with E-state index in [1.54, 1.807) is 0 Å². The second kappa shape index (κ2) is 10.4. The van der Waals surface area contributed by atoms with E-state index in [0.717, 1.165) is 18.4 Å². The van der Waals surface area contributed by atoms with Gasteiger partial charge in [0.2, 0.25) is 0 Å². The van der Waals surface area contributed by atoms with Crippen LogP contribution in [-0.4, -0.2) is 48.0 Å². The number of halogens is 1. The van der Waals surface area contributed by atoms with E-state index in [4.69, 9.17) is 16.3 Å². The van der Waals surface area contributed by atoms with Crippen molar-refractivity contribution < 1.29 is 29.3 Å². The minimum atomic E-state index is -1.55. The largest absolute Gasteiger partial charge is 0.545 e. The predicted molar refractivity (Wildman–Crippen MR) is 103 cm³/mol. The van der Waals surface area contributed by atoms with Crippen molar-refractivity contribution >= 4 is 29.5 Å². The zero-order chi connectivity index (χ0) is 21.6. The Labute approximate surface area is 174 Å². The van der Waals surface area contributed by atoms with E-state index in [-0.39, 0.29) is 18.0 Å². The monoisotopic (exact) mass is 421 g/mol. The van der Waals surface area contributed by atoms with Gasteiger partial charge < -0.3 is 29.4 Å². The van der Waals surface area contributed by atoms with Gasteiger partial charge in [0.15, 0.2) is 0 Å². The molecule has 3 unspecified atom stereocenters. The van der Waals surface area contributed by atoms with Crippen LogP contribution in [-0.2, 0) is 19.1 Å². The van der Waals surface area contributed by atoms with Crippen molar-refractivity contribution in [3.05, 3.63) is 47.0 Å². The number of hydrogen-bond donors (Lipinski definition) is 0. The number of carbonyl (C=O) groups is 3. The minimum Gasteiger partial charge on any atom is -0.545 e. The highest BCUT2D eigenvalue weighted by atomic mass is 35.5. The third-order valence-electron chi connectivity index (χ3n) is 5.40. The van der Waals surface area contributed by atoms with Crippen LogP contribution >= 0.6 is 11.6 Å². The van der Waals surface area contributed by atoms with E-state index in [2.05, 4.69) is 11.9 Å². The van der Waals surface area contributed by atoms with Crippen molar-refractivity contribution in [2.24, 2.45) is 0 Å². The van der Waals surface area contributed by atoms with Gasteiger partial charge >= 0.3 is 5.97 Å². The average molecular weight is 422 g/mol. The lowest BCUT2D eigenvalue weighted by Crippen LogP contribution is -2.43. The van der Waals surface area contributed by atoms with Crippen LogP contribution in [0.1, 0.15) is 44.1 Å². The van der Waals surface area contributed by atoms with Crippen LogP contribution < -0.4 is 10.2 Å². The number of aliphatic carboxylic acids is 2. The lowest BCUT2D eigenvalue weighted by atomic mass is 9.99. The number of carbonyl (C=O) groups excluding carboxylic acids is 3. The molecular formula is C21H24ClNO6-2. The molecule has 3 rings (SSSR count). The molecule has 0 spiro atoms. The fraction of sp³-hybridized carbons (Fsp3) is 0.476.